The van der Waals surface area contributed by atoms with Crippen molar-refractivity contribution in [2.75, 3.05) is 13.1 Å². The van der Waals surface area contributed by atoms with Gasteiger partial charge in [-0.25, -0.2) is 13.4 Å². The van der Waals surface area contributed by atoms with Crippen molar-refractivity contribution in [3.8, 4) is 0 Å². The second-order valence-corrected chi connectivity index (χ2v) is 6.32. The van der Waals surface area contributed by atoms with Crippen LogP contribution in [0.25, 0.3) is 0 Å². The van der Waals surface area contributed by atoms with E-state index in [0.29, 0.717) is 18.2 Å². The summed E-state index contributed by atoms with van der Waals surface area (Å²) in [5, 5.41) is 0.290. The fourth-order valence-electron chi connectivity index (χ4n) is 1.75. The van der Waals surface area contributed by atoms with Gasteiger partial charge in [-0.05, 0) is 25.5 Å². The number of nitrogens with zero attached hydrogens (tertiary/aromatic N) is 2. The Balaban J connectivity index is 2.30. The lowest BCUT2D eigenvalue weighted by Gasteiger charge is -2.25. The summed E-state index contributed by atoms with van der Waals surface area (Å²) in [7, 11) is -3.44. The summed E-state index contributed by atoms with van der Waals surface area (Å²) < 4.78 is 26.0. The number of rotatable bonds is 2. The fraction of sp³-hybridized carbons (Fsp3) is 0.364. The van der Waals surface area contributed by atoms with E-state index in [2.05, 4.69) is 11.1 Å². The zero-order valence-electron chi connectivity index (χ0n) is 9.43. The standard InChI is InChI=1S/C11H13ClN2O2S/c1-9-3-2-6-14(8-9)17(15,16)10-4-5-11(12)13-7-10/h3-5,7H,2,6,8H2,1H3. The van der Waals surface area contributed by atoms with Gasteiger partial charge in [0, 0.05) is 19.3 Å². The monoisotopic (exact) mass is 272 g/mol. The molecule has 0 N–H and O–H groups in total. The van der Waals surface area contributed by atoms with Gasteiger partial charge >= 0.3 is 0 Å². The topological polar surface area (TPSA) is 50.3 Å². The minimum Gasteiger partial charge on any atom is -0.243 e. The highest BCUT2D eigenvalue weighted by molar-refractivity contribution is 7.89. The third-order valence-electron chi connectivity index (χ3n) is 2.64. The molecule has 1 aliphatic rings. The van der Waals surface area contributed by atoms with Gasteiger partial charge < -0.3 is 0 Å². The molecule has 0 aliphatic carbocycles. The van der Waals surface area contributed by atoms with Crippen LogP contribution >= 0.6 is 11.6 Å². The predicted octanol–water partition coefficient (Wildman–Crippen LogP) is 2.08. The third kappa shape index (κ3) is 2.68. The lowest BCUT2D eigenvalue weighted by molar-refractivity contribution is 0.427. The van der Waals surface area contributed by atoms with Crippen LogP contribution in [0.1, 0.15) is 13.3 Å². The van der Waals surface area contributed by atoms with Crippen LogP contribution in [-0.4, -0.2) is 30.8 Å². The molecule has 2 rings (SSSR count). The van der Waals surface area contributed by atoms with Crippen molar-refractivity contribution in [2.45, 2.75) is 18.2 Å². The van der Waals surface area contributed by atoms with E-state index in [4.69, 9.17) is 11.6 Å². The SMILES string of the molecule is CC1=CCCN(S(=O)(=O)c2ccc(Cl)nc2)C1. The van der Waals surface area contributed by atoms with Crippen LogP contribution in [0.15, 0.2) is 34.9 Å². The van der Waals surface area contributed by atoms with Gasteiger partial charge in [-0.1, -0.05) is 23.3 Å². The molecular formula is C11H13ClN2O2S. The highest BCUT2D eigenvalue weighted by atomic mass is 35.5. The number of hydrogen-bond donors (Lipinski definition) is 0. The number of hydrogen-bond acceptors (Lipinski definition) is 3. The molecule has 0 amide bonds. The van der Waals surface area contributed by atoms with Gasteiger partial charge in [-0.3, -0.25) is 0 Å². The highest BCUT2D eigenvalue weighted by Gasteiger charge is 2.26. The van der Waals surface area contributed by atoms with Gasteiger partial charge in [-0.15, -0.1) is 0 Å². The second-order valence-electron chi connectivity index (χ2n) is 3.99. The van der Waals surface area contributed by atoms with Crippen molar-refractivity contribution in [1.29, 1.82) is 0 Å². The number of aromatic nitrogens is 1. The molecule has 0 radical (unpaired) electrons. The van der Waals surface area contributed by atoms with E-state index in [1.165, 1.54) is 22.6 Å². The molecule has 0 unspecified atom stereocenters. The van der Waals surface area contributed by atoms with Gasteiger partial charge in [0.25, 0.3) is 0 Å². The first-order chi connectivity index (χ1) is 8.00. The Hall–Kier alpha value is -0.910. The molecule has 0 saturated heterocycles. The maximum Gasteiger partial charge on any atom is 0.244 e. The highest BCUT2D eigenvalue weighted by Crippen LogP contribution is 2.20. The van der Waals surface area contributed by atoms with Crippen LogP contribution in [0.3, 0.4) is 0 Å². The van der Waals surface area contributed by atoms with Gasteiger partial charge in [0.15, 0.2) is 0 Å². The number of pyridine rings is 1. The second kappa shape index (κ2) is 4.76. The molecule has 1 aromatic rings. The smallest absolute Gasteiger partial charge is 0.243 e. The Kier molecular flexibility index (Phi) is 3.51. The molecule has 4 nitrogen and oxygen atoms in total. The zero-order chi connectivity index (χ0) is 12.5. The van der Waals surface area contributed by atoms with E-state index in [1.54, 1.807) is 0 Å². The van der Waals surface area contributed by atoms with E-state index in [1.807, 2.05) is 6.92 Å². The van der Waals surface area contributed by atoms with Crippen molar-refractivity contribution >= 4 is 21.6 Å². The quantitative estimate of drug-likeness (QED) is 0.612. The molecule has 0 spiro atoms. The van der Waals surface area contributed by atoms with Crippen LogP contribution in [-0.2, 0) is 10.0 Å². The molecule has 6 heteroatoms. The predicted molar refractivity (Wildman–Crippen MR) is 66.4 cm³/mol. The molecular weight excluding hydrogens is 260 g/mol. The average Bonchev–Trinajstić information content (AvgIpc) is 2.29. The van der Waals surface area contributed by atoms with Crippen molar-refractivity contribution in [1.82, 2.24) is 9.29 Å². The zero-order valence-corrected chi connectivity index (χ0v) is 11.0. The summed E-state index contributed by atoms with van der Waals surface area (Å²) in [6.07, 6.45) is 4.11. The van der Waals surface area contributed by atoms with Crippen molar-refractivity contribution in [3.63, 3.8) is 0 Å². The molecule has 0 atom stereocenters. The Morgan fingerprint density at radius 1 is 1.41 bits per heavy atom. The summed E-state index contributed by atoms with van der Waals surface area (Å²) in [6, 6.07) is 2.97. The van der Waals surface area contributed by atoms with Crippen LogP contribution in [0.2, 0.25) is 5.15 Å². The first-order valence-corrected chi connectivity index (χ1v) is 7.09. The Morgan fingerprint density at radius 3 is 2.76 bits per heavy atom. The summed E-state index contributed by atoms with van der Waals surface area (Å²) in [5.74, 6) is 0. The molecule has 17 heavy (non-hydrogen) atoms. The molecule has 2 heterocycles. The lowest BCUT2D eigenvalue weighted by Crippen LogP contribution is -2.35. The fourth-order valence-corrected chi connectivity index (χ4v) is 3.30. The van der Waals surface area contributed by atoms with Crippen LogP contribution in [0, 0.1) is 0 Å². The lowest BCUT2D eigenvalue weighted by atomic mass is 10.2. The van der Waals surface area contributed by atoms with Gasteiger partial charge in [-0.2, -0.15) is 4.31 Å². The van der Waals surface area contributed by atoms with E-state index in [9.17, 15) is 8.42 Å². The summed E-state index contributed by atoms with van der Waals surface area (Å²) in [4.78, 5) is 4.00. The van der Waals surface area contributed by atoms with E-state index >= 15 is 0 Å². The van der Waals surface area contributed by atoms with Crippen LogP contribution in [0.5, 0.6) is 0 Å². The minimum atomic E-state index is -3.44. The first-order valence-electron chi connectivity index (χ1n) is 5.27. The maximum atomic E-state index is 12.3. The average molecular weight is 273 g/mol. The van der Waals surface area contributed by atoms with Crippen molar-refractivity contribution < 1.29 is 8.42 Å². The molecule has 0 aromatic carbocycles. The van der Waals surface area contributed by atoms with E-state index in [0.717, 1.165) is 12.0 Å². The maximum absolute atomic E-state index is 12.3. The van der Waals surface area contributed by atoms with Gasteiger partial charge in [0.2, 0.25) is 10.0 Å². The normalized spacial score (nSPS) is 17.9. The van der Waals surface area contributed by atoms with E-state index in [-0.39, 0.29) is 4.90 Å². The number of halogens is 1. The van der Waals surface area contributed by atoms with Gasteiger partial charge in [0.05, 0.1) is 0 Å². The Labute approximate surface area is 106 Å². The summed E-state index contributed by atoms with van der Waals surface area (Å²) in [5.41, 5.74) is 1.07. The minimum absolute atomic E-state index is 0.191. The largest absolute Gasteiger partial charge is 0.244 e. The molecule has 0 fully saturated rings. The van der Waals surface area contributed by atoms with E-state index < -0.39 is 10.0 Å². The Morgan fingerprint density at radius 2 is 2.18 bits per heavy atom. The third-order valence-corrected chi connectivity index (χ3v) is 4.69. The first kappa shape index (κ1) is 12.5. The van der Waals surface area contributed by atoms with Crippen LogP contribution in [0.4, 0.5) is 0 Å². The molecule has 1 aliphatic heterocycles. The molecule has 1 aromatic heterocycles. The summed E-state index contributed by atoms with van der Waals surface area (Å²) >= 11 is 5.64. The van der Waals surface area contributed by atoms with Gasteiger partial charge in [0.1, 0.15) is 10.0 Å². The molecule has 0 bridgehead atoms. The summed E-state index contributed by atoms with van der Waals surface area (Å²) in [6.45, 7) is 2.90. The van der Waals surface area contributed by atoms with Crippen LogP contribution < -0.4 is 0 Å². The molecule has 0 saturated carbocycles. The van der Waals surface area contributed by atoms with Crippen molar-refractivity contribution in [3.05, 3.63) is 35.1 Å². The number of sulfonamides is 1. The Bertz CT molecular complexity index is 537. The van der Waals surface area contributed by atoms with Crippen molar-refractivity contribution in [2.24, 2.45) is 0 Å². The molecule has 92 valence electrons.